The second-order valence-corrected chi connectivity index (χ2v) is 3.91. The van der Waals surface area contributed by atoms with E-state index in [1.165, 1.54) is 0 Å². The predicted molar refractivity (Wildman–Crippen MR) is 66.4 cm³/mol. The molecule has 2 N–H and O–H groups in total. The van der Waals surface area contributed by atoms with Crippen LogP contribution in [0, 0.1) is 0 Å². The number of hydrogen-bond donors (Lipinski definition) is 1. The van der Waals surface area contributed by atoms with E-state index in [0.717, 1.165) is 6.42 Å². The molecule has 0 saturated heterocycles. The molecule has 96 valence electrons. The van der Waals surface area contributed by atoms with Crippen molar-refractivity contribution in [3.8, 4) is 11.8 Å². The maximum atomic E-state index is 5.75. The molecule has 0 aromatic carbocycles. The number of hydrogen-bond acceptors (Lipinski definition) is 5. The van der Waals surface area contributed by atoms with E-state index in [0.29, 0.717) is 30.7 Å². The first kappa shape index (κ1) is 13.6. The van der Waals surface area contributed by atoms with E-state index in [-0.39, 0.29) is 6.10 Å². The molecule has 5 nitrogen and oxygen atoms in total. The van der Waals surface area contributed by atoms with Gasteiger partial charge in [0, 0.05) is 26.2 Å². The quantitative estimate of drug-likeness (QED) is 0.737. The summed E-state index contributed by atoms with van der Waals surface area (Å²) >= 11 is 0. The van der Waals surface area contributed by atoms with Crippen molar-refractivity contribution in [2.45, 2.75) is 26.4 Å². The van der Waals surface area contributed by atoms with Gasteiger partial charge in [0.2, 0.25) is 11.8 Å². The van der Waals surface area contributed by atoms with Crippen molar-refractivity contribution in [1.82, 2.24) is 4.98 Å². The molecule has 1 aromatic rings. The minimum atomic E-state index is 0.0357. The van der Waals surface area contributed by atoms with Crippen LogP contribution in [-0.2, 0) is 4.74 Å². The smallest absolute Gasteiger partial charge is 0.240 e. The number of nitrogens with two attached hydrogens (primary N) is 1. The molecule has 0 aliphatic rings. The minimum absolute atomic E-state index is 0.0357. The first-order chi connectivity index (χ1) is 8.13. The Bertz CT molecular complexity index is 343. The van der Waals surface area contributed by atoms with Crippen LogP contribution in [0.1, 0.15) is 20.3 Å². The lowest BCUT2D eigenvalue weighted by atomic mass is 10.4. The van der Waals surface area contributed by atoms with Crippen molar-refractivity contribution in [2.75, 3.05) is 26.1 Å². The van der Waals surface area contributed by atoms with Crippen LogP contribution in [0.25, 0.3) is 0 Å². The lowest BCUT2D eigenvalue weighted by molar-refractivity contribution is 0.169. The van der Waals surface area contributed by atoms with Gasteiger partial charge in [-0.25, -0.2) is 0 Å². The monoisotopic (exact) mass is 240 g/mol. The van der Waals surface area contributed by atoms with Crippen LogP contribution < -0.4 is 15.2 Å². The molecule has 17 heavy (non-hydrogen) atoms. The average Bonchev–Trinajstić information content (AvgIpc) is 2.28. The molecule has 0 fully saturated rings. The van der Waals surface area contributed by atoms with Crippen molar-refractivity contribution < 1.29 is 14.2 Å². The Morgan fingerprint density at radius 2 is 2.06 bits per heavy atom. The Morgan fingerprint density at radius 3 is 2.71 bits per heavy atom. The van der Waals surface area contributed by atoms with E-state index in [9.17, 15) is 0 Å². The molecule has 0 spiro atoms. The van der Waals surface area contributed by atoms with Crippen LogP contribution in [0.2, 0.25) is 0 Å². The molecule has 0 unspecified atom stereocenters. The van der Waals surface area contributed by atoms with Crippen molar-refractivity contribution in [3.05, 3.63) is 12.1 Å². The first-order valence-electron chi connectivity index (χ1n) is 5.68. The maximum Gasteiger partial charge on any atom is 0.240 e. The average molecular weight is 240 g/mol. The zero-order valence-electron chi connectivity index (χ0n) is 10.6. The summed E-state index contributed by atoms with van der Waals surface area (Å²) in [6.45, 7) is 5.08. The summed E-state index contributed by atoms with van der Waals surface area (Å²) < 4.78 is 15.9. The predicted octanol–water partition coefficient (Wildman–Crippen LogP) is 1.87. The van der Waals surface area contributed by atoms with Gasteiger partial charge in [0.05, 0.1) is 18.4 Å². The maximum absolute atomic E-state index is 5.75. The van der Waals surface area contributed by atoms with Gasteiger partial charge in [-0.1, -0.05) is 0 Å². The Kier molecular flexibility index (Phi) is 5.56. The molecule has 0 bridgehead atoms. The molecule has 1 aromatic heterocycles. The molecule has 1 heterocycles. The van der Waals surface area contributed by atoms with Crippen LogP contribution in [0.3, 0.4) is 0 Å². The summed E-state index contributed by atoms with van der Waals surface area (Å²) in [6, 6.07) is 3.46. The Hall–Kier alpha value is -1.49. The third-order valence-corrected chi connectivity index (χ3v) is 1.95. The fourth-order valence-electron chi connectivity index (χ4n) is 1.21. The van der Waals surface area contributed by atoms with Crippen molar-refractivity contribution in [1.29, 1.82) is 0 Å². The molecule has 0 amide bonds. The van der Waals surface area contributed by atoms with E-state index in [1.54, 1.807) is 19.2 Å². The number of nitrogens with zero attached hydrogens (tertiary/aromatic N) is 1. The number of rotatable bonds is 7. The second kappa shape index (κ2) is 6.96. The second-order valence-electron chi connectivity index (χ2n) is 3.91. The molecule has 0 aliphatic carbocycles. The minimum Gasteiger partial charge on any atom is -0.477 e. The van der Waals surface area contributed by atoms with Crippen LogP contribution in [0.15, 0.2) is 12.1 Å². The zero-order chi connectivity index (χ0) is 12.7. The molecule has 0 saturated carbocycles. The van der Waals surface area contributed by atoms with Gasteiger partial charge in [-0.3, -0.25) is 0 Å². The molecule has 0 aliphatic heterocycles. The van der Waals surface area contributed by atoms with E-state index in [4.69, 9.17) is 19.9 Å². The molecule has 5 heteroatoms. The highest BCUT2D eigenvalue weighted by Gasteiger charge is 2.06. The number of anilines is 1. The Balaban J connectivity index is 2.55. The van der Waals surface area contributed by atoms with Gasteiger partial charge in [0.1, 0.15) is 0 Å². The summed E-state index contributed by atoms with van der Waals surface area (Å²) in [7, 11) is 1.66. The van der Waals surface area contributed by atoms with Gasteiger partial charge < -0.3 is 19.9 Å². The summed E-state index contributed by atoms with van der Waals surface area (Å²) in [5.41, 5.74) is 6.27. The molecule has 0 atom stereocenters. The van der Waals surface area contributed by atoms with Crippen LogP contribution in [0.5, 0.6) is 11.8 Å². The summed E-state index contributed by atoms with van der Waals surface area (Å²) in [5, 5.41) is 0. The van der Waals surface area contributed by atoms with E-state index >= 15 is 0 Å². The Labute approximate surface area is 102 Å². The van der Waals surface area contributed by atoms with Crippen LogP contribution in [-0.4, -0.2) is 31.4 Å². The van der Waals surface area contributed by atoms with E-state index in [2.05, 4.69) is 4.98 Å². The molecule has 0 radical (unpaired) electrons. The topological polar surface area (TPSA) is 66.6 Å². The zero-order valence-corrected chi connectivity index (χ0v) is 10.6. The molecule has 1 rings (SSSR count). The standard InChI is InChI=1S/C12H20N2O3/c1-9(2)17-12-10(13)5-6-11(14-12)16-8-4-7-15-3/h5-6,9H,4,7-8,13H2,1-3H3. The summed E-state index contributed by atoms with van der Waals surface area (Å²) in [4.78, 5) is 4.20. The fourth-order valence-corrected chi connectivity index (χ4v) is 1.21. The summed E-state index contributed by atoms with van der Waals surface area (Å²) in [5.74, 6) is 0.940. The summed E-state index contributed by atoms with van der Waals surface area (Å²) in [6.07, 6.45) is 0.858. The number of methoxy groups -OCH3 is 1. The molecular formula is C12H20N2O3. The highest BCUT2D eigenvalue weighted by molar-refractivity contribution is 5.49. The first-order valence-corrected chi connectivity index (χ1v) is 5.68. The largest absolute Gasteiger partial charge is 0.477 e. The van der Waals surface area contributed by atoms with Crippen molar-refractivity contribution >= 4 is 5.69 Å². The number of nitrogen functional groups attached to an aromatic ring is 1. The fraction of sp³-hybridized carbons (Fsp3) is 0.583. The van der Waals surface area contributed by atoms with E-state index < -0.39 is 0 Å². The van der Waals surface area contributed by atoms with Crippen molar-refractivity contribution in [2.24, 2.45) is 0 Å². The highest BCUT2D eigenvalue weighted by Crippen LogP contribution is 2.23. The van der Waals surface area contributed by atoms with E-state index in [1.807, 2.05) is 13.8 Å². The van der Waals surface area contributed by atoms with Gasteiger partial charge >= 0.3 is 0 Å². The van der Waals surface area contributed by atoms with Gasteiger partial charge in [0.15, 0.2) is 0 Å². The van der Waals surface area contributed by atoms with Gasteiger partial charge in [-0.15, -0.1) is 0 Å². The normalized spacial score (nSPS) is 10.6. The Morgan fingerprint density at radius 1 is 1.29 bits per heavy atom. The van der Waals surface area contributed by atoms with Gasteiger partial charge in [0.25, 0.3) is 0 Å². The van der Waals surface area contributed by atoms with Crippen LogP contribution >= 0.6 is 0 Å². The van der Waals surface area contributed by atoms with Crippen molar-refractivity contribution in [3.63, 3.8) is 0 Å². The SMILES string of the molecule is COCCCOc1ccc(N)c(OC(C)C)n1. The molecular weight excluding hydrogens is 220 g/mol. The van der Waals surface area contributed by atoms with Gasteiger partial charge in [-0.05, 0) is 19.9 Å². The third-order valence-electron chi connectivity index (χ3n) is 1.95. The third kappa shape index (κ3) is 4.91. The highest BCUT2D eigenvalue weighted by atomic mass is 16.5. The number of ether oxygens (including phenoxy) is 3. The van der Waals surface area contributed by atoms with Crippen LogP contribution in [0.4, 0.5) is 5.69 Å². The number of pyridine rings is 1. The number of aromatic nitrogens is 1. The lowest BCUT2D eigenvalue weighted by Gasteiger charge is -2.12. The van der Waals surface area contributed by atoms with Gasteiger partial charge in [-0.2, -0.15) is 4.98 Å². The lowest BCUT2D eigenvalue weighted by Crippen LogP contribution is -2.10.